The normalized spacial score (nSPS) is 9.80. The molecule has 0 bridgehead atoms. The summed E-state index contributed by atoms with van der Waals surface area (Å²) in [7, 11) is 0. The highest BCUT2D eigenvalue weighted by Crippen LogP contribution is 2.06. The smallest absolute Gasteiger partial charge is 0.129 e. The molecule has 10 heavy (non-hydrogen) atoms. The second-order valence-electron chi connectivity index (χ2n) is 2.10. The third kappa shape index (κ3) is 1.99. The molecule has 2 heteroatoms. The van der Waals surface area contributed by atoms with Gasteiger partial charge in [-0.15, -0.1) is 0 Å². The highest BCUT2D eigenvalue weighted by Gasteiger charge is 1.90. The minimum absolute atomic E-state index is 0.555. The van der Waals surface area contributed by atoms with Gasteiger partial charge in [0, 0.05) is 6.20 Å². The van der Waals surface area contributed by atoms with Gasteiger partial charge in [-0.05, 0) is 24.5 Å². The number of pyridine rings is 1. The molecular formula is C8H9ClN. The summed E-state index contributed by atoms with van der Waals surface area (Å²) < 4.78 is 0. The first-order valence-corrected chi connectivity index (χ1v) is 3.59. The van der Waals surface area contributed by atoms with E-state index in [0.29, 0.717) is 5.15 Å². The Morgan fingerprint density at radius 3 is 2.90 bits per heavy atom. The van der Waals surface area contributed by atoms with Gasteiger partial charge in [-0.1, -0.05) is 24.6 Å². The summed E-state index contributed by atoms with van der Waals surface area (Å²) in [6.45, 7) is 2.02. The average molecular weight is 155 g/mol. The van der Waals surface area contributed by atoms with Gasteiger partial charge in [0.25, 0.3) is 0 Å². The molecule has 0 saturated carbocycles. The van der Waals surface area contributed by atoms with Crippen molar-refractivity contribution in [3.63, 3.8) is 0 Å². The van der Waals surface area contributed by atoms with Crippen LogP contribution < -0.4 is 0 Å². The van der Waals surface area contributed by atoms with Crippen LogP contribution in [0, 0.1) is 6.42 Å². The monoisotopic (exact) mass is 154 g/mol. The van der Waals surface area contributed by atoms with E-state index in [4.69, 9.17) is 11.6 Å². The quantitative estimate of drug-likeness (QED) is 0.597. The molecular weight excluding hydrogens is 146 g/mol. The summed E-state index contributed by atoms with van der Waals surface area (Å²) in [4.78, 5) is 3.94. The van der Waals surface area contributed by atoms with E-state index >= 15 is 0 Å². The minimum atomic E-state index is 0.555. The van der Waals surface area contributed by atoms with E-state index in [1.54, 1.807) is 12.3 Å². The molecule has 1 nitrogen and oxygen atoms in total. The van der Waals surface area contributed by atoms with E-state index in [2.05, 4.69) is 11.4 Å². The first-order chi connectivity index (χ1) is 4.83. The van der Waals surface area contributed by atoms with Crippen molar-refractivity contribution >= 4 is 11.6 Å². The van der Waals surface area contributed by atoms with Crippen molar-refractivity contribution in [3.8, 4) is 0 Å². The number of hydrogen-bond donors (Lipinski definition) is 0. The average Bonchev–Trinajstić information content (AvgIpc) is 1.95. The Morgan fingerprint density at radius 1 is 1.60 bits per heavy atom. The van der Waals surface area contributed by atoms with Crippen molar-refractivity contribution in [3.05, 3.63) is 35.5 Å². The molecule has 0 N–H and O–H groups in total. The van der Waals surface area contributed by atoms with Crippen LogP contribution >= 0.6 is 11.6 Å². The third-order valence-corrected chi connectivity index (χ3v) is 1.45. The van der Waals surface area contributed by atoms with Gasteiger partial charge in [-0.25, -0.2) is 4.98 Å². The van der Waals surface area contributed by atoms with Crippen LogP contribution in [0.4, 0.5) is 0 Å². The molecule has 1 rings (SSSR count). The van der Waals surface area contributed by atoms with E-state index in [-0.39, 0.29) is 0 Å². The second-order valence-corrected chi connectivity index (χ2v) is 2.49. The topological polar surface area (TPSA) is 12.9 Å². The van der Waals surface area contributed by atoms with Gasteiger partial charge >= 0.3 is 0 Å². The molecule has 0 amide bonds. The lowest BCUT2D eigenvalue weighted by molar-refractivity contribution is 1.11. The maximum absolute atomic E-state index is 5.59. The Balaban J connectivity index is 2.69. The predicted molar refractivity (Wildman–Crippen MR) is 42.9 cm³/mol. The van der Waals surface area contributed by atoms with Crippen LogP contribution in [0.5, 0.6) is 0 Å². The molecule has 0 fully saturated rings. The van der Waals surface area contributed by atoms with E-state index < -0.39 is 0 Å². The molecule has 0 aromatic carbocycles. The molecule has 53 valence electrons. The lowest BCUT2D eigenvalue weighted by Gasteiger charge is -1.95. The summed E-state index contributed by atoms with van der Waals surface area (Å²) in [5.41, 5.74) is 1.20. The van der Waals surface area contributed by atoms with Gasteiger partial charge in [-0.2, -0.15) is 0 Å². The fraction of sp³-hybridized carbons (Fsp3) is 0.250. The largest absolute Gasteiger partial charge is 0.244 e. The first kappa shape index (κ1) is 7.55. The van der Waals surface area contributed by atoms with Gasteiger partial charge < -0.3 is 0 Å². The SMILES string of the molecule is C[CH]Cc1ccc(Cl)nc1. The highest BCUT2D eigenvalue weighted by molar-refractivity contribution is 6.29. The van der Waals surface area contributed by atoms with Crippen molar-refractivity contribution in [2.75, 3.05) is 0 Å². The Hall–Kier alpha value is -0.560. The zero-order valence-corrected chi connectivity index (χ0v) is 6.60. The Morgan fingerprint density at radius 2 is 2.40 bits per heavy atom. The van der Waals surface area contributed by atoms with Crippen LogP contribution in [-0.4, -0.2) is 4.98 Å². The van der Waals surface area contributed by atoms with Crippen molar-refractivity contribution in [2.45, 2.75) is 13.3 Å². The van der Waals surface area contributed by atoms with Gasteiger partial charge in [0.1, 0.15) is 5.15 Å². The van der Waals surface area contributed by atoms with E-state index in [1.165, 1.54) is 5.56 Å². The third-order valence-electron chi connectivity index (χ3n) is 1.23. The maximum atomic E-state index is 5.59. The highest BCUT2D eigenvalue weighted by atomic mass is 35.5. The molecule has 1 radical (unpaired) electrons. The van der Waals surface area contributed by atoms with Gasteiger partial charge in [0.2, 0.25) is 0 Å². The molecule has 0 aliphatic carbocycles. The molecule has 0 spiro atoms. The van der Waals surface area contributed by atoms with Crippen LogP contribution in [0.1, 0.15) is 12.5 Å². The van der Waals surface area contributed by atoms with Crippen LogP contribution in [0.3, 0.4) is 0 Å². The van der Waals surface area contributed by atoms with Gasteiger partial charge in [0.05, 0.1) is 0 Å². The number of aromatic nitrogens is 1. The number of hydrogen-bond acceptors (Lipinski definition) is 1. The van der Waals surface area contributed by atoms with E-state index in [9.17, 15) is 0 Å². The molecule has 0 atom stereocenters. The fourth-order valence-corrected chi connectivity index (χ4v) is 0.875. The lowest BCUT2D eigenvalue weighted by Crippen LogP contribution is -1.84. The summed E-state index contributed by atoms with van der Waals surface area (Å²) in [6.07, 6.45) is 4.84. The number of halogens is 1. The van der Waals surface area contributed by atoms with Crippen molar-refractivity contribution in [1.29, 1.82) is 0 Å². The molecule has 1 heterocycles. The van der Waals surface area contributed by atoms with Crippen molar-refractivity contribution in [2.24, 2.45) is 0 Å². The molecule has 0 aliphatic rings. The zero-order valence-electron chi connectivity index (χ0n) is 5.84. The molecule has 0 saturated heterocycles. The van der Waals surface area contributed by atoms with Gasteiger partial charge in [0.15, 0.2) is 0 Å². The molecule has 1 aromatic heterocycles. The van der Waals surface area contributed by atoms with Crippen LogP contribution in [0.15, 0.2) is 18.3 Å². The summed E-state index contributed by atoms with van der Waals surface area (Å²) >= 11 is 5.59. The van der Waals surface area contributed by atoms with E-state index in [1.807, 2.05) is 13.0 Å². The van der Waals surface area contributed by atoms with Crippen molar-refractivity contribution < 1.29 is 0 Å². The summed E-state index contributed by atoms with van der Waals surface area (Å²) in [6, 6.07) is 3.79. The summed E-state index contributed by atoms with van der Waals surface area (Å²) in [5, 5.41) is 0.555. The van der Waals surface area contributed by atoms with Crippen LogP contribution in [-0.2, 0) is 6.42 Å². The number of nitrogens with zero attached hydrogens (tertiary/aromatic N) is 1. The second kappa shape index (κ2) is 3.57. The lowest BCUT2D eigenvalue weighted by atomic mass is 10.2. The Labute approximate surface area is 66.0 Å². The standard InChI is InChI=1S/C8H9ClN/c1-2-3-7-4-5-8(9)10-6-7/h2,4-6H,3H2,1H3. The first-order valence-electron chi connectivity index (χ1n) is 3.21. The molecule has 0 unspecified atom stereocenters. The molecule has 1 aromatic rings. The Bertz CT molecular complexity index is 193. The van der Waals surface area contributed by atoms with Crippen LogP contribution in [0.25, 0.3) is 0 Å². The summed E-state index contributed by atoms with van der Waals surface area (Å²) in [5.74, 6) is 0. The minimum Gasteiger partial charge on any atom is -0.244 e. The van der Waals surface area contributed by atoms with E-state index in [0.717, 1.165) is 6.42 Å². The molecule has 0 aliphatic heterocycles. The predicted octanol–water partition coefficient (Wildman–Crippen LogP) is 2.50. The van der Waals surface area contributed by atoms with Crippen LogP contribution in [0.2, 0.25) is 5.15 Å². The number of rotatable bonds is 2. The maximum Gasteiger partial charge on any atom is 0.129 e. The zero-order chi connectivity index (χ0) is 7.40. The van der Waals surface area contributed by atoms with Gasteiger partial charge in [-0.3, -0.25) is 0 Å². The van der Waals surface area contributed by atoms with Crippen molar-refractivity contribution in [1.82, 2.24) is 4.98 Å². The fourth-order valence-electron chi connectivity index (χ4n) is 0.763. The Kier molecular flexibility index (Phi) is 2.69.